The van der Waals surface area contributed by atoms with Crippen LogP contribution in [0.2, 0.25) is 0 Å². The van der Waals surface area contributed by atoms with E-state index in [1.807, 2.05) is 12.1 Å². The van der Waals surface area contributed by atoms with Crippen LogP contribution in [0.3, 0.4) is 0 Å². The van der Waals surface area contributed by atoms with Crippen molar-refractivity contribution in [2.45, 2.75) is 11.5 Å². The molecule has 82 valence electrons. The van der Waals surface area contributed by atoms with Crippen LogP contribution in [-0.4, -0.2) is 17.4 Å². The zero-order valence-electron chi connectivity index (χ0n) is 8.28. The molecule has 0 aromatic heterocycles. The average molecular weight is 261 g/mol. The third kappa shape index (κ3) is 4.49. The van der Waals surface area contributed by atoms with Crippen molar-refractivity contribution in [3.8, 4) is 0 Å². The Bertz CT molecular complexity index is 328. The largest absolute Gasteiger partial charge is 0.297 e. The number of hydrogen-bond donors (Lipinski definition) is 1. The summed E-state index contributed by atoms with van der Waals surface area (Å²) in [6, 6.07) is 8.14. The number of Topliss-reactive ketones (excluding diaryl/α,β-unsaturated/α-hetero) is 1. The molecule has 0 saturated carbocycles. The minimum Gasteiger partial charge on any atom is -0.297 e. The number of thiol groups is 1. The van der Waals surface area contributed by atoms with Crippen molar-refractivity contribution in [1.29, 1.82) is 0 Å². The minimum atomic E-state index is 0.0880. The van der Waals surface area contributed by atoms with Crippen LogP contribution in [0.25, 0.3) is 0 Å². The molecule has 0 spiro atoms. The van der Waals surface area contributed by atoms with Crippen LogP contribution in [0.4, 0.5) is 0 Å². The van der Waals surface area contributed by atoms with Gasteiger partial charge in [0.15, 0.2) is 5.78 Å². The third-order valence-corrected chi connectivity index (χ3v) is 3.64. The van der Waals surface area contributed by atoms with Gasteiger partial charge in [0.1, 0.15) is 0 Å². The molecule has 0 radical (unpaired) electrons. The lowest BCUT2D eigenvalue weighted by molar-refractivity contribution is -0.114. The first-order chi connectivity index (χ1) is 7.27. The van der Waals surface area contributed by atoms with E-state index in [1.54, 1.807) is 11.8 Å². The highest BCUT2D eigenvalue weighted by atomic mass is 35.5. The molecule has 4 heteroatoms. The second-order valence-electron chi connectivity index (χ2n) is 3.09. The number of rotatable bonds is 6. The second-order valence-corrected chi connectivity index (χ2v) is 4.66. The maximum Gasteiger partial charge on any atom is 0.157 e. The first-order valence-electron chi connectivity index (χ1n) is 4.61. The lowest BCUT2D eigenvalue weighted by atomic mass is 10.1. The molecule has 0 aliphatic heterocycles. The van der Waals surface area contributed by atoms with Gasteiger partial charge in [-0.2, -0.15) is 12.6 Å². The molecule has 1 aromatic rings. The van der Waals surface area contributed by atoms with Gasteiger partial charge in [0.05, 0.1) is 11.6 Å². The van der Waals surface area contributed by atoms with E-state index in [-0.39, 0.29) is 11.7 Å². The topological polar surface area (TPSA) is 17.1 Å². The van der Waals surface area contributed by atoms with E-state index < -0.39 is 0 Å². The number of thioether (sulfide) groups is 1. The first kappa shape index (κ1) is 12.9. The summed E-state index contributed by atoms with van der Waals surface area (Å²) < 4.78 is 0. The third-order valence-electron chi connectivity index (χ3n) is 1.96. The summed E-state index contributed by atoms with van der Waals surface area (Å²) in [6.07, 6.45) is 0. The summed E-state index contributed by atoms with van der Waals surface area (Å²) in [6.45, 7) is 0. The fraction of sp³-hybridized carbons (Fsp3) is 0.364. The van der Waals surface area contributed by atoms with Gasteiger partial charge in [-0.3, -0.25) is 4.79 Å². The van der Waals surface area contributed by atoms with Crippen molar-refractivity contribution in [3.63, 3.8) is 0 Å². The standard InChI is InChI=1S/C11H13ClOS2/c12-5-11(13)8-15-7-10-4-2-1-3-9(10)6-14/h1-4,14H,5-8H2. The minimum absolute atomic E-state index is 0.0880. The molecule has 0 heterocycles. The Hall–Kier alpha value is -0.120. The summed E-state index contributed by atoms with van der Waals surface area (Å²) in [4.78, 5) is 11.0. The van der Waals surface area contributed by atoms with Gasteiger partial charge in [-0.1, -0.05) is 24.3 Å². The highest BCUT2D eigenvalue weighted by Gasteiger charge is 2.03. The Morgan fingerprint density at radius 2 is 2.00 bits per heavy atom. The average Bonchev–Trinajstić information content (AvgIpc) is 2.29. The van der Waals surface area contributed by atoms with E-state index in [0.717, 1.165) is 11.5 Å². The summed E-state index contributed by atoms with van der Waals surface area (Å²) in [5, 5.41) is 0. The van der Waals surface area contributed by atoms with Gasteiger partial charge in [-0.15, -0.1) is 23.4 Å². The van der Waals surface area contributed by atoms with Crippen LogP contribution in [0.15, 0.2) is 24.3 Å². The van der Waals surface area contributed by atoms with Crippen LogP contribution in [0.5, 0.6) is 0 Å². The predicted molar refractivity (Wildman–Crippen MR) is 71.0 cm³/mol. The Labute approximate surface area is 105 Å². The molecule has 0 unspecified atom stereocenters. The number of benzene rings is 1. The number of hydrogen-bond acceptors (Lipinski definition) is 3. The van der Waals surface area contributed by atoms with Crippen LogP contribution >= 0.6 is 36.0 Å². The zero-order chi connectivity index (χ0) is 11.1. The molecule has 15 heavy (non-hydrogen) atoms. The molecule has 0 amide bonds. The molecule has 0 aliphatic rings. The van der Waals surface area contributed by atoms with Gasteiger partial charge in [0.2, 0.25) is 0 Å². The number of alkyl halides is 1. The quantitative estimate of drug-likeness (QED) is 0.625. The van der Waals surface area contributed by atoms with Crippen LogP contribution < -0.4 is 0 Å². The monoisotopic (exact) mass is 260 g/mol. The second kappa shape index (κ2) is 7.20. The predicted octanol–water partition coefficient (Wildman–Crippen LogP) is 3.16. The number of carbonyl (C=O) groups excluding carboxylic acids is 1. The van der Waals surface area contributed by atoms with Gasteiger partial charge < -0.3 is 0 Å². The Kier molecular flexibility index (Phi) is 6.22. The SMILES string of the molecule is O=C(CCl)CSCc1ccccc1CS. The van der Waals surface area contributed by atoms with Crippen molar-refractivity contribution in [2.75, 3.05) is 11.6 Å². The smallest absolute Gasteiger partial charge is 0.157 e. The lowest BCUT2D eigenvalue weighted by Gasteiger charge is -2.05. The molecule has 1 aromatic carbocycles. The van der Waals surface area contributed by atoms with E-state index in [1.165, 1.54) is 11.1 Å². The zero-order valence-corrected chi connectivity index (χ0v) is 10.7. The fourth-order valence-electron chi connectivity index (χ4n) is 1.17. The van der Waals surface area contributed by atoms with Crippen molar-refractivity contribution >= 4 is 41.8 Å². The Balaban J connectivity index is 2.46. The number of carbonyl (C=O) groups is 1. The molecular weight excluding hydrogens is 248 g/mol. The van der Waals surface area contributed by atoms with Crippen LogP contribution in [-0.2, 0) is 16.3 Å². The van der Waals surface area contributed by atoms with Crippen molar-refractivity contribution in [3.05, 3.63) is 35.4 Å². The van der Waals surface area contributed by atoms with E-state index in [0.29, 0.717) is 5.75 Å². The molecule has 0 atom stereocenters. The van der Waals surface area contributed by atoms with E-state index in [9.17, 15) is 4.79 Å². The summed E-state index contributed by atoms with van der Waals surface area (Å²) in [7, 11) is 0. The highest BCUT2D eigenvalue weighted by Crippen LogP contribution is 2.18. The Morgan fingerprint density at radius 1 is 1.33 bits per heavy atom. The van der Waals surface area contributed by atoms with Crippen molar-refractivity contribution < 1.29 is 4.79 Å². The van der Waals surface area contributed by atoms with E-state index in [4.69, 9.17) is 11.6 Å². The summed E-state index contributed by atoms with van der Waals surface area (Å²) >= 11 is 11.3. The van der Waals surface area contributed by atoms with E-state index in [2.05, 4.69) is 24.8 Å². The Morgan fingerprint density at radius 3 is 2.60 bits per heavy atom. The molecule has 0 saturated heterocycles. The lowest BCUT2D eigenvalue weighted by Crippen LogP contribution is -2.02. The maximum absolute atomic E-state index is 11.0. The van der Waals surface area contributed by atoms with E-state index >= 15 is 0 Å². The normalized spacial score (nSPS) is 10.3. The van der Waals surface area contributed by atoms with Gasteiger partial charge in [-0.05, 0) is 11.1 Å². The summed E-state index contributed by atoms with van der Waals surface area (Å²) in [5.74, 6) is 2.27. The fourth-order valence-corrected chi connectivity index (χ4v) is 2.61. The summed E-state index contributed by atoms with van der Waals surface area (Å²) in [5.41, 5.74) is 2.48. The number of ketones is 1. The molecule has 0 aliphatic carbocycles. The molecule has 0 bridgehead atoms. The van der Waals surface area contributed by atoms with Crippen LogP contribution in [0, 0.1) is 0 Å². The van der Waals surface area contributed by atoms with Gasteiger partial charge >= 0.3 is 0 Å². The van der Waals surface area contributed by atoms with Crippen molar-refractivity contribution in [1.82, 2.24) is 0 Å². The molecular formula is C11H13ClOS2. The van der Waals surface area contributed by atoms with Gasteiger partial charge in [-0.25, -0.2) is 0 Å². The molecule has 1 nitrogen and oxygen atoms in total. The maximum atomic E-state index is 11.0. The van der Waals surface area contributed by atoms with Gasteiger partial charge in [0, 0.05) is 11.5 Å². The van der Waals surface area contributed by atoms with Gasteiger partial charge in [0.25, 0.3) is 0 Å². The molecule has 0 N–H and O–H groups in total. The number of halogens is 1. The van der Waals surface area contributed by atoms with Crippen molar-refractivity contribution in [2.24, 2.45) is 0 Å². The molecule has 1 rings (SSSR count). The molecule has 0 fully saturated rings. The first-order valence-corrected chi connectivity index (χ1v) is 6.93. The highest BCUT2D eigenvalue weighted by molar-refractivity contribution is 7.99. The van der Waals surface area contributed by atoms with Crippen LogP contribution in [0.1, 0.15) is 11.1 Å².